The van der Waals surface area contributed by atoms with E-state index in [-0.39, 0.29) is 0 Å². The average molecular weight is 291 g/mol. The van der Waals surface area contributed by atoms with E-state index in [1.807, 2.05) is 0 Å². The second-order valence-electron chi connectivity index (χ2n) is 6.13. The van der Waals surface area contributed by atoms with Gasteiger partial charge in [0, 0.05) is 12.6 Å². The van der Waals surface area contributed by atoms with Gasteiger partial charge >= 0.3 is 0 Å². The summed E-state index contributed by atoms with van der Waals surface area (Å²) < 4.78 is 11.6. The zero-order valence-corrected chi connectivity index (χ0v) is 13.4. The summed E-state index contributed by atoms with van der Waals surface area (Å²) in [7, 11) is 0. The quantitative estimate of drug-likeness (QED) is 0.797. The molecule has 1 N–H and O–H groups in total. The first-order valence-corrected chi connectivity index (χ1v) is 8.25. The van der Waals surface area contributed by atoms with Gasteiger partial charge < -0.3 is 14.8 Å². The first-order valence-electron chi connectivity index (χ1n) is 8.25. The maximum absolute atomic E-state index is 5.88. The van der Waals surface area contributed by atoms with Crippen LogP contribution in [0.15, 0.2) is 24.3 Å². The molecule has 0 radical (unpaired) electrons. The van der Waals surface area contributed by atoms with Crippen molar-refractivity contribution in [3.63, 3.8) is 0 Å². The van der Waals surface area contributed by atoms with E-state index in [0.717, 1.165) is 32.6 Å². The van der Waals surface area contributed by atoms with E-state index in [1.54, 1.807) is 0 Å². The lowest BCUT2D eigenvalue weighted by Gasteiger charge is -2.22. The Hall–Kier alpha value is -0.900. The number of hydrogen-bond donors (Lipinski definition) is 1. The van der Waals surface area contributed by atoms with Crippen molar-refractivity contribution in [3.8, 4) is 0 Å². The van der Waals surface area contributed by atoms with E-state index in [0.29, 0.717) is 18.8 Å². The van der Waals surface area contributed by atoms with Gasteiger partial charge in [0.25, 0.3) is 0 Å². The van der Waals surface area contributed by atoms with Crippen LogP contribution in [0.3, 0.4) is 0 Å². The van der Waals surface area contributed by atoms with Crippen molar-refractivity contribution in [2.45, 2.75) is 58.3 Å². The number of nitrogens with one attached hydrogen (secondary N) is 1. The monoisotopic (exact) mass is 291 g/mol. The average Bonchev–Trinajstić information content (AvgIpc) is 2.49. The number of rotatable bonds is 8. The fourth-order valence-corrected chi connectivity index (χ4v) is 2.68. The molecule has 3 heteroatoms. The number of ether oxygens (including phenoxy) is 2. The van der Waals surface area contributed by atoms with Gasteiger partial charge in [0.15, 0.2) is 0 Å². The third-order valence-electron chi connectivity index (χ3n) is 3.90. The molecule has 1 aliphatic rings. The van der Waals surface area contributed by atoms with E-state index in [2.05, 4.69) is 43.4 Å². The van der Waals surface area contributed by atoms with Crippen LogP contribution < -0.4 is 5.32 Å². The summed E-state index contributed by atoms with van der Waals surface area (Å²) >= 11 is 0. The summed E-state index contributed by atoms with van der Waals surface area (Å²) in [5.74, 6) is 0. The summed E-state index contributed by atoms with van der Waals surface area (Å²) in [5, 5.41) is 3.47. The Balaban J connectivity index is 1.76. The van der Waals surface area contributed by atoms with Crippen molar-refractivity contribution < 1.29 is 9.47 Å². The van der Waals surface area contributed by atoms with E-state index < -0.39 is 0 Å². The van der Waals surface area contributed by atoms with Gasteiger partial charge in [-0.15, -0.1) is 0 Å². The molecule has 1 fully saturated rings. The summed E-state index contributed by atoms with van der Waals surface area (Å²) in [4.78, 5) is 0. The lowest BCUT2D eigenvalue weighted by Crippen LogP contribution is -2.25. The van der Waals surface area contributed by atoms with Crippen LogP contribution in [-0.4, -0.2) is 31.9 Å². The van der Waals surface area contributed by atoms with Crippen molar-refractivity contribution in [1.82, 2.24) is 5.32 Å². The van der Waals surface area contributed by atoms with Crippen molar-refractivity contribution >= 4 is 0 Å². The first kappa shape index (κ1) is 16.5. The molecule has 21 heavy (non-hydrogen) atoms. The molecule has 0 aliphatic carbocycles. The van der Waals surface area contributed by atoms with Crippen molar-refractivity contribution in [2.75, 3.05) is 19.8 Å². The SMILES string of the molecule is CC(C)NCCc1ccccc1COCC1CCCCO1. The standard InChI is InChI=1S/C18H29NO2/c1-15(2)19-11-10-16-7-3-4-8-17(16)13-20-14-18-9-5-6-12-21-18/h3-4,7-8,15,18-19H,5-6,9-14H2,1-2H3. The molecule has 3 nitrogen and oxygen atoms in total. The van der Waals surface area contributed by atoms with Crippen LogP contribution >= 0.6 is 0 Å². The van der Waals surface area contributed by atoms with Crippen LogP contribution in [-0.2, 0) is 22.5 Å². The zero-order chi connectivity index (χ0) is 14.9. The summed E-state index contributed by atoms with van der Waals surface area (Å²) in [6.45, 7) is 7.68. The molecule has 118 valence electrons. The molecule has 1 aromatic carbocycles. The highest BCUT2D eigenvalue weighted by atomic mass is 16.5. The van der Waals surface area contributed by atoms with Crippen molar-refractivity contribution in [2.24, 2.45) is 0 Å². The second kappa shape index (κ2) is 9.19. The van der Waals surface area contributed by atoms with Gasteiger partial charge in [-0.3, -0.25) is 0 Å². The fourth-order valence-electron chi connectivity index (χ4n) is 2.68. The molecule has 2 rings (SSSR count). The summed E-state index contributed by atoms with van der Waals surface area (Å²) in [6, 6.07) is 9.12. The van der Waals surface area contributed by atoms with Gasteiger partial charge in [-0.05, 0) is 43.4 Å². The fraction of sp³-hybridized carbons (Fsp3) is 0.667. The molecule has 1 aromatic rings. The Morgan fingerprint density at radius 1 is 1.24 bits per heavy atom. The van der Waals surface area contributed by atoms with Crippen LogP contribution in [0.2, 0.25) is 0 Å². The first-order chi connectivity index (χ1) is 10.3. The van der Waals surface area contributed by atoms with Gasteiger partial charge in [-0.25, -0.2) is 0 Å². The molecule has 1 aliphatic heterocycles. The summed E-state index contributed by atoms with van der Waals surface area (Å²) in [5.41, 5.74) is 2.69. The Kier molecular flexibility index (Phi) is 7.20. The van der Waals surface area contributed by atoms with Crippen LogP contribution in [0.5, 0.6) is 0 Å². The molecule has 0 saturated carbocycles. The predicted octanol–water partition coefficient (Wildman–Crippen LogP) is 3.31. The Bertz CT molecular complexity index is 400. The predicted molar refractivity (Wildman–Crippen MR) is 86.5 cm³/mol. The third kappa shape index (κ3) is 6.16. The van der Waals surface area contributed by atoms with Gasteiger partial charge in [-0.2, -0.15) is 0 Å². The molecule has 1 atom stereocenters. The highest BCUT2D eigenvalue weighted by molar-refractivity contribution is 5.26. The minimum Gasteiger partial charge on any atom is -0.376 e. The van der Waals surface area contributed by atoms with E-state index >= 15 is 0 Å². The van der Waals surface area contributed by atoms with Gasteiger partial charge in [-0.1, -0.05) is 38.1 Å². The van der Waals surface area contributed by atoms with Crippen LogP contribution in [0.25, 0.3) is 0 Å². The minimum absolute atomic E-state index is 0.300. The van der Waals surface area contributed by atoms with E-state index in [9.17, 15) is 0 Å². The van der Waals surface area contributed by atoms with Gasteiger partial charge in [0.1, 0.15) is 0 Å². The molecule has 1 saturated heterocycles. The van der Waals surface area contributed by atoms with Gasteiger partial charge in [0.05, 0.1) is 19.3 Å². The Labute approximate surface area is 129 Å². The normalized spacial score (nSPS) is 19.1. The number of hydrogen-bond acceptors (Lipinski definition) is 3. The Morgan fingerprint density at radius 3 is 2.76 bits per heavy atom. The highest BCUT2D eigenvalue weighted by Gasteiger charge is 2.14. The largest absolute Gasteiger partial charge is 0.376 e. The van der Waals surface area contributed by atoms with E-state index in [4.69, 9.17) is 9.47 Å². The maximum atomic E-state index is 5.88. The minimum atomic E-state index is 0.300. The van der Waals surface area contributed by atoms with Gasteiger partial charge in [0.2, 0.25) is 0 Å². The van der Waals surface area contributed by atoms with Crippen LogP contribution in [0.1, 0.15) is 44.2 Å². The molecule has 1 unspecified atom stereocenters. The molecule has 0 amide bonds. The smallest absolute Gasteiger partial charge is 0.0808 e. The molecule has 1 heterocycles. The lowest BCUT2D eigenvalue weighted by molar-refractivity contribution is -0.0448. The zero-order valence-electron chi connectivity index (χ0n) is 13.4. The van der Waals surface area contributed by atoms with E-state index in [1.165, 1.54) is 24.0 Å². The number of benzene rings is 1. The Morgan fingerprint density at radius 2 is 2.05 bits per heavy atom. The molecule has 0 spiro atoms. The van der Waals surface area contributed by atoms with Crippen LogP contribution in [0.4, 0.5) is 0 Å². The van der Waals surface area contributed by atoms with Crippen molar-refractivity contribution in [3.05, 3.63) is 35.4 Å². The maximum Gasteiger partial charge on any atom is 0.0808 e. The molecular formula is C18H29NO2. The lowest BCUT2D eigenvalue weighted by atomic mass is 10.0. The molecular weight excluding hydrogens is 262 g/mol. The highest BCUT2D eigenvalue weighted by Crippen LogP contribution is 2.15. The third-order valence-corrected chi connectivity index (χ3v) is 3.90. The molecule has 0 bridgehead atoms. The van der Waals surface area contributed by atoms with Crippen molar-refractivity contribution in [1.29, 1.82) is 0 Å². The topological polar surface area (TPSA) is 30.5 Å². The molecule has 0 aromatic heterocycles. The van der Waals surface area contributed by atoms with Crippen LogP contribution in [0, 0.1) is 0 Å². The second-order valence-corrected chi connectivity index (χ2v) is 6.13. The summed E-state index contributed by atoms with van der Waals surface area (Å²) in [6.07, 6.45) is 4.96.